The first-order chi connectivity index (χ1) is 15.0. The zero-order chi connectivity index (χ0) is 21.7. The number of hydrogen-bond donors (Lipinski definition) is 3. The van der Waals surface area contributed by atoms with Crippen LogP contribution in [0.3, 0.4) is 0 Å². The molecule has 1 saturated carbocycles. The first kappa shape index (κ1) is 22.6. The Morgan fingerprint density at radius 3 is 2.58 bits per heavy atom. The fraction of sp³-hybridized carbons (Fsp3) is 0.538. The smallest absolute Gasteiger partial charge is 0.138 e. The standard InChI is InChI=1S/C26H34ClNO3/c27-24-15-20(9-10-25(24)31-18-19-7-3-1-4-8-19)23(26(30)12-5-2-6-13-26)17-21-16-22(29)11-14-28-21/h1,3-4,7-10,15,21-23,28-30H,2,5-6,11-14,16-18H2. The van der Waals surface area contributed by atoms with E-state index in [-0.39, 0.29) is 18.1 Å². The van der Waals surface area contributed by atoms with Crippen molar-refractivity contribution in [3.05, 3.63) is 64.7 Å². The summed E-state index contributed by atoms with van der Waals surface area (Å²) in [5.41, 5.74) is 1.43. The van der Waals surface area contributed by atoms with Gasteiger partial charge in [0, 0.05) is 12.0 Å². The maximum atomic E-state index is 11.6. The van der Waals surface area contributed by atoms with Crippen molar-refractivity contribution in [1.29, 1.82) is 0 Å². The van der Waals surface area contributed by atoms with Crippen molar-refractivity contribution < 1.29 is 14.9 Å². The van der Waals surface area contributed by atoms with Crippen molar-refractivity contribution in [3.63, 3.8) is 0 Å². The van der Waals surface area contributed by atoms with Gasteiger partial charge in [-0.15, -0.1) is 0 Å². The van der Waals surface area contributed by atoms with Gasteiger partial charge in [0.05, 0.1) is 16.7 Å². The maximum Gasteiger partial charge on any atom is 0.138 e. The van der Waals surface area contributed by atoms with Gasteiger partial charge in [-0.2, -0.15) is 0 Å². The second-order valence-corrected chi connectivity index (χ2v) is 9.65. The second kappa shape index (κ2) is 10.4. The van der Waals surface area contributed by atoms with Crippen molar-refractivity contribution in [2.45, 2.75) is 81.6 Å². The van der Waals surface area contributed by atoms with Gasteiger partial charge in [-0.25, -0.2) is 0 Å². The largest absolute Gasteiger partial charge is 0.487 e. The van der Waals surface area contributed by atoms with E-state index in [4.69, 9.17) is 16.3 Å². The predicted molar refractivity (Wildman–Crippen MR) is 125 cm³/mol. The number of hydrogen-bond acceptors (Lipinski definition) is 4. The SMILES string of the molecule is OC1CCNC(CC(c2ccc(OCc3ccccc3)c(Cl)c2)C2(O)CCCCC2)C1. The summed E-state index contributed by atoms with van der Waals surface area (Å²) in [6.07, 6.45) is 7.00. The van der Waals surface area contributed by atoms with E-state index >= 15 is 0 Å². The van der Waals surface area contributed by atoms with Crippen LogP contribution in [0.5, 0.6) is 5.75 Å². The van der Waals surface area contributed by atoms with Gasteiger partial charge in [-0.3, -0.25) is 0 Å². The van der Waals surface area contributed by atoms with Crippen molar-refractivity contribution in [3.8, 4) is 5.75 Å². The maximum absolute atomic E-state index is 11.6. The van der Waals surface area contributed by atoms with Crippen LogP contribution in [0, 0.1) is 0 Å². The molecule has 0 radical (unpaired) electrons. The third-order valence-corrected chi connectivity index (χ3v) is 7.25. The average molecular weight is 444 g/mol. The predicted octanol–water partition coefficient (Wildman–Crippen LogP) is 5.20. The molecule has 0 amide bonds. The minimum Gasteiger partial charge on any atom is -0.487 e. The second-order valence-electron chi connectivity index (χ2n) is 9.25. The Morgan fingerprint density at radius 2 is 1.87 bits per heavy atom. The molecule has 5 heteroatoms. The molecule has 1 aliphatic carbocycles. The number of ether oxygens (including phenoxy) is 1. The van der Waals surface area contributed by atoms with Crippen LogP contribution in [-0.4, -0.2) is 34.5 Å². The normalized spacial score (nSPS) is 24.5. The fourth-order valence-corrected chi connectivity index (χ4v) is 5.46. The van der Waals surface area contributed by atoms with Crippen LogP contribution in [0.25, 0.3) is 0 Å². The van der Waals surface area contributed by atoms with Crippen molar-refractivity contribution in [1.82, 2.24) is 5.32 Å². The third kappa shape index (κ3) is 5.81. The lowest BCUT2D eigenvalue weighted by Gasteiger charge is -2.42. The van der Waals surface area contributed by atoms with E-state index in [2.05, 4.69) is 11.4 Å². The van der Waals surface area contributed by atoms with E-state index in [0.717, 1.165) is 62.6 Å². The quantitative estimate of drug-likeness (QED) is 0.550. The molecule has 2 aromatic carbocycles. The Balaban J connectivity index is 1.53. The molecule has 0 aromatic heterocycles. The Bertz CT molecular complexity index is 838. The highest BCUT2D eigenvalue weighted by atomic mass is 35.5. The van der Waals surface area contributed by atoms with Crippen LogP contribution < -0.4 is 10.1 Å². The molecular formula is C26H34ClNO3. The molecule has 31 heavy (non-hydrogen) atoms. The molecule has 3 unspecified atom stereocenters. The Hall–Kier alpha value is -1.59. The monoisotopic (exact) mass is 443 g/mol. The molecular weight excluding hydrogens is 410 g/mol. The third-order valence-electron chi connectivity index (χ3n) is 6.95. The van der Waals surface area contributed by atoms with E-state index in [0.29, 0.717) is 17.4 Å². The number of rotatable bonds is 7. The van der Waals surface area contributed by atoms with Crippen LogP contribution in [0.1, 0.15) is 68.4 Å². The number of halogens is 1. The van der Waals surface area contributed by atoms with Crippen LogP contribution in [-0.2, 0) is 6.61 Å². The molecule has 4 rings (SSSR count). The highest BCUT2D eigenvalue weighted by Gasteiger charge is 2.40. The molecule has 4 nitrogen and oxygen atoms in total. The van der Waals surface area contributed by atoms with Gasteiger partial charge in [0.25, 0.3) is 0 Å². The molecule has 3 atom stereocenters. The Labute approximate surface area is 190 Å². The van der Waals surface area contributed by atoms with E-state index in [1.165, 1.54) is 6.42 Å². The van der Waals surface area contributed by atoms with Crippen molar-refractivity contribution in [2.75, 3.05) is 6.54 Å². The Morgan fingerprint density at radius 1 is 1.10 bits per heavy atom. The molecule has 168 valence electrons. The summed E-state index contributed by atoms with van der Waals surface area (Å²) in [4.78, 5) is 0. The molecule has 2 aromatic rings. The van der Waals surface area contributed by atoms with Gasteiger partial charge in [0.15, 0.2) is 0 Å². The number of nitrogens with one attached hydrogen (secondary N) is 1. The summed E-state index contributed by atoms with van der Waals surface area (Å²) < 4.78 is 5.95. The molecule has 2 fully saturated rings. The molecule has 1 saturated heterocycles. The summed E-state index contributed by atoms with van der Waals surface area (Å²) in [6, 6.07) is 16.2. The van der Waals surface area contributed by atoms with E-state index in [9.17, 15) is 10.2 Å². The van der Waals surface area contributed by atoms with Crippen LogP contribution in [0.4, 0.5) is 0 Å². The number of aliphatic hydroxyl groups is 2. The van der Waals surface area contributed by atoms with Gasteiger partial charge in [0.1, 0.15) is 12.4 Å². The summed E-state index contributed by atoms with van der Waals surface area (Å²) in [7, 11) is 0. The van der Waals surface area contributed by atoms with E-state index in [1.54, 1.807) is 0 Å². The molecule has 1 heterocycles. The summed E-state index contributed by atoms with van der Waals surface area (Å²) in [5.74, 6) is 0.645. The van der Waals surface area contributed by atoms with Crippen molar-refractivity contribution >= 4 is 11.6 Å². The van der Waals surface area contributed by atoms with Crippen LogP contribution >= 0.6 is 11.6 Å². The number of piperidine rings is 1. The molecule has 0 bridgehead atoms. The summed E-state index contributed by atoms with van der Waals surface area (Å²) >= 11 is 6.63. The van der Waals surface area contributed by atoms with Gasteiger partial charge in [-0.05, 0) is 61.9 Å². The molecule has 3 N–H and O–H groups in total. The molecule has 2 aliphatic rings. The van der Waals surface area contributed by atoms with E-state index in [1.807, 2.05) is 42.5 Å². The van der Waals surface area contributed by atoms with E-state index < -0.39 is 5.60 Å². The topological polar surface area (TPSA) is 61.7 Å². The Kier molecular flexibility index (Phi) is 7.55. The van der Waals surface area contributed by atoms with Crippen molar-refractivity contribution in [2.24, 2.45) is 0 Å². The molecule has 1 aliphatic heterocycles. The zero-order valence-electron chi connectivity index (χ0n) is 18.1. The minimum absolute atomic E-state index is 0.0173. The lowest BCUT2D eigenvalue weighted by atomic mass is 9.70. The number of aliphatic hydroxyl groups excluding tert-OH is 1. The first-order valence-electron chi connectivity index (χ1n) is 11.6. The van der Waals surface area contributed by atoms with Gasteiger partial charge in [-0.1, -0.05) is 67.3 Å². The lowest BCUT2D eigenvalue weighted by molar-refractivity contribution is -0.0293. The minimum atomic E-state index is -0.724. The highest BCUT2D eigenvalue weighted by Crippen LogP contribution is 2.44. The van der Waals surface area contributed by atoms with Crippen LogP contribution in [0.2, 0.25) is 5.02 Å². The zero-order valence-corrected chi connectivity index (χ0v) is 18.9. The summed E-state index contributed by atoms with van der Waals surface area (Å²) in [5, 5.41) is 25.9. The average Bonchev–Trinajstić information content (AvgIpc) is 2.78. The lowest BCUT2D eigenvalue weighted by Crippen LogP contribution is -2.45. The van der Waals surface area contributed by atoms with Gasteiger partial charge >= 0.3 is 0 Å². The van der Waals surface area contributed by atoms with Gasteiger partial charge < -0.3 is 20.3 Å². The van der Waals surface area contributed by atoms with Gasteiger partial charge in [0.2, 0.25) is 0 Å². The highest BCUT2D eigenvalue weighted by molar-refractivity contribution is 6.32. The van der Waals surface area contributed by atoms with Crippen LogP contribution in [0.15, 0.2) is 48.5 Å². The number of benzene rings is 2. The fourth-order valence-electron chi connectivity index (χ4n) is 5.21. The molecule has 0 spiro atoms. The first-order valence-corrected chi connectivity index (χ1v) is 12.0. The summed E-state index contributed by atoms with van der Waals surface area (Å²) in [6.45, 7) is 1.29.